The van der Waals surface area contributed by atoms with Crippen LogP contribution in [0.3, 0.4) is 0 Å². The molecule has 9 heteroatoms. The predicted molar refractivity (Wildman–Crippen MR) is 103 cm³/mol. The van der Waals surface area contributed by atoms with Crippen molar-refractivity contribution < 1.29 is 27.5 Å². The number of hydrogen-bond donors (Lipinski definition) is 1. The molecule has 1 aromatic carbocycles. The monoisotopic (exact) mass is 410 g/mol. The molecule has 1 N–H and O–H groups in total. The van der Waals surface area contributed by atoms with E-state index >= 15 is 0 Å². The third-order valence-electron chi connectivity index (χ3n) is 5.33. The summed E-state index contributed by atoms with van der Waals surface area (Å²) >= 11 is 0. The van der Waals surface area contributed by atoms with Gasteiger partial charge in [0.2, 0.25) is 15.9 Å². The van der Waals surface area contributed by atoms with Crippen molar-refractivity contribution >= 4 is 27.4 Å². The van der Waals surface area contributed by atoms with Crippen LogP contribution in [-0.2, 0) is 24.3 Å². The molecule has 0 radical (unpaired) electrons. The Balaban J connectivity index is 1.82. The van der Waals surface area contributed by atoms with E-state index in [9.17, 15) is 18.0 Å². The predicted octanol–water partition coefficient (Wildman–Crippen LogP) is 1.66. The van der Waals surface area contributed by atoms with Crippen LogP contribution in [0, 0.1) is 11.8 Å². The van der Waals surface area contributed by atoms with Gasteiger partial charge in [0.25, 0.3) is 0 Å². The number of benzene rings is 1. The number of hydrogen-bond acceptors (Lipinski definition) is 6. The van der Waals surface area contributed by atoms with Crippen LogP contribution in [0.4, 0.5) is 5.69 Å². The molecular weight excluding hydrogens is 384 g/mol. The summed E-state index contributed by atoms with van der Waals surface area (Å²) in [7, 11) is -2.36. The number of ketones is 1. The number of carbonyl (C=O) groups is 2. The molecule has 0 spiro atoms. The molecule has 1 aliphatic heterocycles. The van der Waals surface area contributed by atoms with Crippen molar-refractivity contribution in [1.82, 2.24) is 4.31 Å². The van der Waals surface area contributed by atoms with E-state index in [4.69, 9.17) is 9.47 Å². The number of methoxy groups -OCH3 is 1. The average Bonchev–Trinajstić information content (AvgIpc) is 2.68. The van der Waals surface area contributed by atoms with Crippen LogP contribution in [0.25, 0.3) is 0 Å². The van der Waals surface area contributed by atoms with Crippen molar-refractivity contribution in [2.75, 3.05) is 38.7 Å². The normalized spacial score (nSPS) is 24.0. The van der Waals surface area contributed by atoms with Crippen molar-refractivity contribution in [2.45, 2.75) is 31.1 Å². The minimum absolute atomic E-state index is 0.0153. The van der Waals surface area contributed by atoms with E-state index in [0.29, 0.717) is 38.2 Å². The van der Waals surface area contributed by atoms with E-state index in [2.05, 4.69) is 5.32 Å². The summed E-state index contributed by atoms with van der Waals surface area (Å²) in [6.07, 6.45) is 1.32. The highest BCUT2D eigenvalue weighted by atomic mass is 32.2. The molecule has 1 aliphatic carbocycles. The first-order valence-corrected chi connectivity index (χ1v) is 10.9. The van der Waals surface area contributed by atoms with Gasteiger partial charge in [-0.05, 0) is 30.5 Å². The second kappa shape index (κ2) is 8.59. The highest BCUT2D eigenvalue weighted by Gasteiger charge is 2.32. The first-order valence-electron chi connectivity index (χ1n) is 9.41. The largest absolute Gasteiger partial charge is 0.495 e. The average molecular weight is 410 g/mol. The number of carbonyl (C=O) groups excluding carboxylic acids is 2. The van der Waals surface area contributed by atoms with Gasteiger partial charge in [-0.1, -0.05) is 6.92 Å². The molecule has 2 fully saturated rings. The zero-order chi connectivity index (χ0) is 20.3. The minimum atomic E-state index is -3.77. The van der Waals surface area contributed by atoms with E-state index in [1.54, 1.807) is 6.07 Å². The highest BCUT2D eigenvalue weighted by Crippen LogP contribution is 2.32. The van der Waals surface area contributed by atoms with Gasteiger partial charge in [0.15, 0.2) is 0 Å². The molecule has 1 aromatic rings. The number of sulfonamides is 1. The van der Waals surface area contributed by atoms with Gasteiger partial charge in [0, 0.05) is 37.5 Å². The Kier molecular flexibility index (Phi) is 6.36. The molecule has 2 aliphatic rings. The topological polar surface area (TPSA) is 102 Å². The number of morpholine rings is 1. The number of ether oxygens (including phenoxy) is 2. The summed E-state index contributed by atoms with van der Waals surface area (Å²) in [5.41, 5.74) is 0.390. The molecule has 1 amide bonds. The Morgan fingerprint density at radius 3 is 2.64 bits per heavy atom. The first-order chi connectivity index (χ1) is 13.3. The number of nitrogens with zero attached hydrogens (tertiary/aromatic N) is 1. The van der Waals surface area contributed by atoms with Crippen LogP contribution >= 0.6 is 0 Å². The number of amides is 1. The fraction of sp³-hybridized carbons (Fsp3) is 0.579. The lowest BCUT2D eigenvalue weighted by Crippen LogP contribution is -2.40. The summed E-state index contributed by atoms with van der Waals surface area (Å²) in [5, 5.41) is 2.81. The van der Waals surface area contributed by atoms with E-state index in [1.807, 2.05) is 6.92 Å². The van der Waals surface area contributed by atoms with Gasteiger partial charge in [-0.2, -0.15) is 4.31 Å². The van der Waals surface area contributed by atoms with Crippen LogP contribution in [0.1, 0.15) is 26.2 Å². The zero-order valence-corrected chi connectivity index (χ0v) is 17.0. The van der Waals surface area contributed by atoms with Gasteiger partial charge >= 0.3 is 0 Å². The van der Waals surface area contributed by atoms with E-state index in [-0.39, 0.29) is 47.3 Å². The lowest BCUT2D eigenvalue weighted by Gasteiger charge is -2.28. The maximum absolute atomic E-state index is 13.0. The fourth-order valence-electron chi connectivity index (χ4n) is 3.71. The Morgan fingerprint density at radius 1 is 1.29 bits per heavy atom. The second-order valence-corrected chi connectivity index (χ2v) is 9.14. The first kappa shape index (κ1) is 20.8. The van der Waals surface area contributed by atoms with Crippen molar-refractivity contribution in [1.29, 1.82) is 0 Å². The van der Waals surface area contributed by atoms with Gasteiger partial charge in [-0.25, -0.2) is 8.42 Å². The third kappa shape index (κ3) is 4.37. The quantitative estimate of drug-likeness (QED) is 0.792. The molecule has 2 atom stereocenters. The molecule has 3 rings (SSSR count). The Labute approximate surface area is 165 Å². The Bertz CT molecular complexity index is 848. The van der Waals surface area contributed by atoms with Crippen LogP contribution in [0.2, 0.25) is 0 Å². The molecular formula is C19H26N2O6S. The van der Waals surface area contributed by atoms with Crippen LogP contribution < -0.4 is 10.1 Å². The fourth-order valence-corrected chi connectivity index (χ4v) is 5.30. The van der Waals surface area contributed by atoms with E-state index in [1.165, 1.54) is 23.5 Å². The van der Waals surface area contributed by atoms with Gasteiger partial charge in [0.05, 0.1) is 20.3 Å². The second-order valence-electron chi connectivity index (χ2n) is 7.24. The highest BCUT2D eigenvalue weighted by molar-refractivity contribution is 7.89. The molecule has 28 heavy (non-hydrogen) atoms. The van der Waals surface area contributed by atoms with Gasteiger partial charge < -0.3 is 14.8 Å². The maximum atomic E-state index is 13.0. The number of rotatable bonds is 5. The summed E-state index contributed by atoms with van der Waals surface area (Å²) in [4.78, 5) is 24.2. The zero-order valence-electron chi connectivity index (χ0n) is 16.1. The SMILES string of the molecule is COc1ccc(NC(=O)[C@H]2CCC(=O)C[C@H]2C)cc1S(=O)(=O)N1CCOCC1. The van der Waals surface area contributed by atoms with Crippen molar-refractivity contribution in [2.24, 2.45) is 11.8 Å². The summed E-state index contributed by atoms with van der Waals surface area (Å²) < 4.78 is 37.9. The lowest BCUT2D eigenvalue weighted by atomic mass is 9.79. The summed E-state index contributed by atoms with van der Waals surface area (Å²) in [6.45, 7) is 3.13. The minimum Gasteiger partial charge on any atom is -0.495 e. The lowest BCUT2D eigenvalue weighted by molar-refractivity contribution is -0.127. The van der Waals surface area contributed by atoms with Gasteiger partial charge in [-0.3, -0.25) is 9.59 Å². The molecule has 154 valence electrons. The van der Waals surface area contributed by atoms with Gasteiger partial charge in [-0.15, -0.1) is 0 Å². The Morgan fingerprint density at radius 2 is 2.00 bits per heavy atom. The summed E-state index contributed by atoms with van der Waals surface area (Å²) in [5.74, 6) is -0.0870. The third-order valence-corrected chi connectivity index (χ3v) is 7.25. The van der Waals surface area contributed by atoms with Crippen LogP contribution in [0.5, 0.6) is 5.75 Å². The number of nitrogens with one attached hydrogen (secondary N) is 1. The smallest absolute Gasteiger partial charge is 0.246 e. The van der Waals surface area contributed by atoms with Crippen molar-refractivity contribution in [3.63, 3.8) is 0 Å². The van der Waals surface area contributed by atoms with Crippen molar-refractivity contribution in [3.05, 3.63) is 18.2 Å². The van der Waals surface area contributed by atoms with E-state index in [0.717, 1.165) is 0 Å². The number of Topliss-reactive ketones (excluding diaryl/α,β-unsaturated/α-hetero) is 1. The summed E-state index contributed by atoms with van der Waals surface area (Å²) in [6, 6.07) is 4.59. The molecule has 0 unspecified atom stereocenters. The van der Waals surface area contributed by atoms with E-state index < -0.39 is 10.0 Å². The number of anilines is 1. The molecule has 1 heterocycles. The standard InChI is InChI=1S/C19H26N2O6S/c1-13-11-15(22)4-5-16(13)19(23)20-14-3-6-17(26-2)18(12-14)28(24,25)21-7-9-27-10-8-21/h3,6,12-13,16H,4-5,7-11H2,1-2H3,(H,20,23)/t13-,16+/m1/s1. The molecule has 8 nitrogen and oxygen atoms in total. The van der Waals surface area contributed by atoms with Crippen molar-refractivity contribution in [3.8, 4) is 5.75 Å². The van der Waals surface area contributed by atoms with Gasteiger partial charge in [0.1, 0.15) is 16.4 Å². The van der Waals surface area contributed by atoms with Crippen LogP contribution in [0.15, 0.2) is 23.1 Å². The molecule has 1 saturated carbocycles. The maximum Gasteiger partial charge on any atom is 0.246 e. The molecule has 0 bridgehead atoms. The van der Waals surface area contributed by atoms with Crippen LogP contribution in [-0.4, -0.2) is 57.8 Å². The Hall–Kier alpha value is -1.97. The molecule has 1 saturated heterocycles. The molecule has 0 aromatic heterocycles.